The lowest BCUT2D eigenvalue weighted by Gasteiger charge is -2.14. The number of carbonyl (C=O) groups is 1. The Morgan fingerprint density at radius 3 is 2.78 bits per heavy atom. The number of nitrogens with one attached hydrogen (secondary N) is 1. The summed E-state index contributed by atoms with van der Waals surface area (Å²) in [6.45, 7) is 0.165. The maximum Gasteiger partial charge on any atom is 0.250 e. The van der Waals surface area contributed by atoms with Crippen LogP contribution in [0.4, 0.5) is 15.9 Å². The molecule has 0 unspecified atom stereocenters. The lowest BCUT2D eigenvalue weighted by Crippen LogP contribution is -2.14. The highest BCUT2D eigenvalue weighted by molar-refractivity contribution is 5.99. The Kier molecular flexibility index (Phi) is 6.59. The summed E-state index contributed by atoms with van der Waals surface area (Å²) < 4.78 is 21.8. The predicted molar refractivity (Wildman–Crippen MR) is 132 cm³/mol. The SMILES string of the molecule is NC(=O)c1ccccc1Nc1nc(-c2nn(Cc3ccccc3F)c3c2CCC3)ncc1OCCO. The van der Waals surface area contributed by atoms with Crippen LogP contribution in [0.3, 0.4) is 0 Å². The summed E-state index contributed by atoms with van der Waals surface area (Å²) >= 11 is 0. The summed E-state index contributed by atoms with van der Waals surface area (Å²) in [5.41, 5.74) is 9.55. The molecule has 36 heavy (non-hydrogen) atoms. The van der Waals surface area contributed by atoms with Crippen LogP contribution in [0.2, 0.25) is 0 Å². The van der Waals surface area contributed by atoms with E-state index < -0.39 is 5.91 Å². The van der Waals surface area contributed by atoms with Gasteiger partial charge in [-0.1, -0.05) is 30.3 Å². The van der Waals surface area contributed by atoms with Crippen LogP contribution in [0.15, 0.2) is 54.7 Å². The molecule has 2 aromatic carbocycles. The zero-order valence-corrected chi connectivity index (χ0v) is 19.4. The third kappa shape index (κ3) is 4.63. The number of hydrogen-bond donors (Lipinski definition) is 3. The fourth-order valence-electron chi connectivity index (χ4n) is 4.38. The van der Waals surface area contributed by atoms with E-state index in [0.717, 1.165) is 30.5 Å². The molecule has 0 atom stereocenters. The number of nitrogens with two attached hydrogens (primary N) is 1. The Hall–Kier alpha value is -4.31. The van der Waals surface area contributed by atoms with Gasteiger partial charge >= 0.3 is 0 Å². The zero-order chi connectivity index (χ0) is 25.1. The molecule has 0 fully saturated rings. The van der Waals surface area contributed by atoms with Crippen molar-refractivity contribution in [3.05, 3.63) is 82.9 Å². The van der Waals surface area contributed by atoms with Crippen molar-refractivity contribution in [2.45, 2.75) is 25.8 Å². The first-order valence-electron chi connectivity index (χ1n) is 11.6. The number of hydrogen-bond acceptors (Lipinski definition) is 7. The molecule has 1 aliphatic carbocycles. The number of ether oxygens (including phenoxy) is 1. The molecular weight excluding hydrogens is 463 g/mol. The first-order valence-corrected chi connectivity index (χ1v) is 11.6. The van der Waals surface area contributed by atoms with Gasteiger partial charge in [0.2, 0.25) is 0 Å². The molecule has 4 N–H and O–H groups in total. The first-order chi connectivity index (χ1) is 17.5. The van der Waals surface area contributed by atoms with Gasteiger partial charge in [-0.2, -0.15) is 5.10 Å². The van der Waals surface area contributed by atoms with Crippen LogP contribution in [0.1, 0.15) is 33.6 Å². The number of aliphatic hydroxyl groups excluding tert-OH is 1. The summed E-state index contributed by atoms with van der Waals surface area (Å²) in [4.78, 5) is 21.1. The molecule has 5 rings (SSSR count). The normalized spacial score (nSPS) is 12.4. The van der Waals surface area contributed by atoms with Gasteiger partial charge in [-0.05, 0) is 37.5 Å². The van der Waals surface area contributed by atoms with Crippen LogP contribution >= 0.6 is 0 Å². The van der Waals surface area contributed by atoms with E-state index in [1.165, 1.54) is 12.3 Å². The van der Waals surface area contributed by atoms with Crippen LogP contribution in [-0.2, 0) is 19.4 Å². The molecule has 0 saturated heterocycles. The summed E-state index contributed by atoms with van der Waals surface area (Å²) in [5, 5.41) is 17.1. The maximum absolute atomic E-state index is 14.3. The molecule has 184 valence electrons. The van der Waals surface area contributed by atoms with Gasteiger partial charge < -0.3 is 20.9 Å². The number of para-hydroxylation sites is 1. The van der Waals surface area contributed by atoms with E-state index in [-0.39, 0.29) is 19.0 Å². The Morgan fingerprint density at radius 1 is 1.17 bits per heavy atom. The van der Waals surface area contributed by atoms with Gasteiger partial charge in [-0.3, -0.25) is 9.48 Å². The predicted octanol–water partition coefficient (Wildman–Crippen LogP) is 3.23. The number of anilines is 2. The van der Waals surface area contributed by atoms with E-state index in [1.807, 2.05) is 4.68 Å². The summed E-state index contributed by atoms with van der Waals surface area (Å²) in [6.07, 6.45) is 4.13. The standard InChI is InChI=1S/C26H25FN6O3/c27-19-9-3-1-6-16(19)15-33-21-11-5-8-18(21)23(32-33)26-29-14-22(36-13-12-34)25(31-26)30-20-10-4-2-7-17(20)24(28)35/h1-4,6-7,9-10,14,34H,5,8,11-13,15H2,(H2,28,35)(H,29,30,31). The van der Waals surface area contributed by atoms with Crippen LogP contribution < -0.4 is 15.8 Å². The van der Waals surface area contributed by atoms with Crippen molar-refractivity contribution in [2.24, 2.45) is 5.73 Å². The van der Waals surface area contributed by atoms with Gasteiger partial charge in [0, 0.05) is 16.8 Å². The fraction of sp³-hybridized carbons (Fsp3) is 0.231. The van der Waals surface area contributed by atoms with Crippen molar-refractivity contribution in [3.63, 3.8) is 0 Å². The molecule has 2 heterocycles. The number of aromatic nitrogens is 4. The second-order valence-electron chi connectivity index (χ2n) is 8.39. The number of aliphatic hydroxyl groups is 1. The van der Waals surface area contributed by atoms with Gasteiger partial charge in [0.25, 0.3) is 5.91 Å². The highest BCUT2D eigenvalue weighted by Gasteiger charge is 2.26. The third-order valence-corrected chi connectivity index (χ3v) is 6.05. The summed E-state index contributed by atoms with van der Waals surface area (Å²) in [6, 6.07) is 13.5. The van der Waals surface area contributed by atoms with E-state index in [0.29, 0.717) is 46.4 Å². The van der Waals surface area contributed by atoms with E-state index in [4.69, 9.17) is 15.6 Å². The molecular formula is C26H25FN6O3. The Bertz CT molecular complexity index is 1420. The van der Waals surface area contributed by atoms with Crippen LogP contribution in [0.5, 0.6) is 5.75 Å². The zero-order valence-electron chi connectivity index (χ0n) is 19.4. The molecule has 0 saturated carbocycles. The quantitative estimate of drug-likeness (QED) is 0.330. The molecule has 1 aliphatic rings. The number of primary amides is 1. The Morgan fingerprint density at radius 2 is 1.97 bits per heavy atom. The second-order valence-corrected chi connectivity index (χ2v) is 8.39. The van der Waals surface area contributed by atoms with Gasteiger partial charge in [0.1, 0.15) is 18.1 Å². The van der Waals surface area contributed by atoms with E-state index in [2.05, 4.69) is 15.3 Å². The Balaban J connectivity index is 1.54. The number of amides is 1. The third-order valence-electron chi connectivity index (χ3n) is 6.05. The van der Waals surface area contributed by atoms with Crippen molar-refractivity contribution >= 4 is 17.4 Å². The average Bonchev–Trinajstić information content (AvgIpc) is 3.49. The van der Waals surface area contributed by atoms with Crippen LogP contribution in [-0.4, -0.2) is 44.0 Å². The van der Waals surface area contributed by atoms with E-state index >= 15 is 0 Å². The first kappa shape index (κ1) is 23.4. The molecule has 0 spiro atoms. The van der Waals surface area contributed by atoms with Crippen molar-refractivity contribution in [2.75, 3.05) is 18.5 Å². The van der Waals surface area contributed by atoms with Crippen molar-refractivity contribution < 1.29 is 19.0 Å². The highest BCUT2D eigenvalue weighted by Crippen LogP contribution is 2.34. The topological polar surface area (TPSA) is 128 Å². The second kappa shape index (κ2) is 10.1. The smallest absolute Gasteiger partial charge is 0.250 e. The van der Waals surface area contributed by atoms with E-state index in [9.17, 15) is 14.3 Å². The maximum atomic E-state index is 14.3. The molecule has 0 bridgehead atoms. The van der Waals surface area contributed by atoms with E-state index in [1.54, 1.807) is 42.5 Å². The molecule has 2 aromatic heterocycles. The number of halogens is 1. The molecule has 1 amide bonds. The van der Waals surface area contributed by atoms with Crippen molar-refractivity contribution in [3.8, 4) is 17.3 Å². The number of fused-ring (bicyclic) bond motifs is 1. The minimum absolute atomic E-state index is 0.0432. The number of rotatable bonds is 9. The fourth-order valence-corrected chi connectivity index (χ4v) is 4.38. The molecule has 10 heteroatoms. The number of benzene rings is 2. The van der Waals surface area contributed by atoms with Crippen LogP contribution in [0.25, 0.3) is 11.5 Å². The van der Waals surface area contributed by atoms with Gasteiger partial charge in [-0.15, -0.1) is 0 Å². The Labute approximate surface area is 206 Å². The minimum Gasteiger partial charge on any atom is -0.486 e. The minimum atomic E-state index is -0.588. The monoisotopic (exact) mass is 488 g/mol. The molecule has 0 radical (unpaired) electrons. The van der Waals surface area contributed by atoms with Crippen molar-refractivity contribution in [1.82, 2.24) is 19.7 Å². The largest absolute Gasteiger partial charge is 0.486 e. The summed E-state index contributed by atoms with van der Waals surface area (Å²) in [5.74, 6) is 0.111. The highest BCUT2D eigenvalue weighted by atomic mass is 19.1. The van der Waals surface area contributed by atoms with Crippen LogP contribution in [0, 0.1) is 5.82 Å². The number of carbonyl (C=O) groups excluding carboxylic acids is 1. The van der Waals surface area contributed by atoms with Gasteiger partial charge in [0.15, 0.2) is 17.4 Å². The summed E-state index contributed by atoms with van der Waals surface area (Å²) in [7, 11) is 0. The average molecular weight is 489 g/mol. The lowest BCUT2D eigenvalue weighted by molar-refractivity contribution is 0.100. The number of nitrogens with zero attached hydrogens (tertiary/aromatic N) is 4. The van der Waals surface area contributed by atoms with Crippen molar-refractivity contribution in [1.29, 1.82) is 0 Å². The van der Waals surface area contributed by atoms with Gasteiger partial charge in [-0.25, -0.2) is 14.4 Å². The lowest BCUT2D eigenvalue weighted by atomic mass is 10.1. The molecule has 0 aliphatic heterocycles. The molecule has 9 nitrogen and oxygen atoms in total. The van der Waals surface area contributed by atoms with Gasteiger partial charge in [0.05, 0.1) is 30.6 Å². The molecule has 4 aromatic rings.